The molecular weight excluding hydrogens is 288 g/mol. The summed E-state index contributed by atoms with van der Waals surface area (Å²) in [7, 11) is -3.74. The zero-order valence-electron chi connectivity index (χ0n) is 11.8. The van der Waals surface area contributed by atoms with Gasteiger partial charge in [0.15, 0.2) is 5.78 Å². The molecule has 2 rings (SSSR count). The van der Waals surface area contributed by atoms with E-state index in [1.54, 1.807) is 31.2 Å². The summed E-state index contributed by atoms with van der Waals surface area (Å²) < 4.78 is 27.1. The van der Waals surface area contributed by atoms with Crippen LogP contribution in [0.25, 0.3) is 0 Å². The van der Waals surface area contributed by atoms with Crippen LogP contribution in [-0.2, 0) is 10.0 Å². The predicted molar refractivity (Wildman–Crippen MR) is 82.8 cm³/mol. The lowest BCUT2D eigenvalue weighted by Gasteiger charge is -2.10. The van der Waals surface area contributed by atoms with Gasteiger partial charge in [-0.25, -0.2) is 8.42 Å². The molecule has 0 amide bonds. The van der Waals surface area contributed by atoms with Crippen molar-refractivity contribution < 1.29 is 13.2 Å². The maximum Gasteiger partial charge on any atom is 0.261 e. The van der Waals surface area contributed by atoms with Crippen LogP contribution in [-0.4, -0.2) is 14.2 Å². The first-order valence-electron chi connectivity index (χ1n) is 6.29. The van der Waals surface area contributed by atoms with Gasteiger partial charge in [-0.05, 0) is 49.7 Å². The van der Waals surface area contributed by atoms with E-state index in [-0.39, 0.29) is 10.7 Å². The zero-order valence-corrected chi connectivity index (χ0v) is 12.6. The number of nitrogen functional groups attached to an aromatic ring is 1. The number of Topliss-reactive ketones (excluding diaryl/α,β-unsaturated/α-hetero) is 1. The molecule has 0 aromatic heterocycles. The van der Waals surface area contributed by atoms with Gasteiger partial charge in [-0.2, -0.15) is 0 Å². The topological polar surface area (TPSA) is 89.3 Å². The van der Waals surface area contributed by atoms with Crippen molar-refractivity contribution in [3.63, 3.8) is 0 Å². The highest BCUT2D eigenvalue weighted by Crippen LogP contribution is 2.20. The smallest absolute Gasteiger partial charge is 0.261 e. The predicted octanol–water partition coefficient (Wildman–Crippen LogP) is 2.58. The van der Waals surface area contributed by atoms with E-state index < -0.39 is 10.0 Å². The van der Waals surface area contributed by atoms with Gasteiger partial charge < -0.3 is 5.73 Å². The van der Waals surface area contributed by atoms with Gasteiger partial charge >= 0.3 is 0 Å². The van der Waals surface area contributed by atoms with Crippen molar-refractivity contribution in [2.45, 2.75) is 18.7 Å². The van der Waals surface area contributed by atoms with Crippen molar-refractivity contribution in [2.24, 2.45) is 0 Å². The summed E-state index contributed by atoms with van der Waals surface area (Å²) in [4.78, 5) is 11.4. The molecule has 0 aliphatic rings. The minimum absolute atomic E-state index is 0.0910. The average molecular weight is 304 g/mol. The molecule has 21 heavy (non-hydrogen) atoms. The van der Waals surface area contributed by atoms with E-state index in [0.717, 1.165) is 5.56 Å². The Morgan fingerprint density at radius 1 is 1.14 bits per heavy atom. The number of nitrogens with two attached hydrogens (primary N) is 1. The molecule has 0 bridgehead atoms. The molecule has 0 atom stereocenters. The van der Waals surface area contributed by atoms with Crippen molar-refractivity contribution in [1.29, 1.82) is 0 Å². The highest BCUT2D eigenvalue weighted by molar-refractivity contribution is 7.92. The van der Waals surface area contributed by atoms with E-state index >= 15 is 0 Å². The molecule has 0 aliphatic carbocycles. The van der Waals surface area contributed by atoms with Crippen molar-refractivity contribution >= 4 is 27.2 Å². The van der Waals surface area contributed by atoms with Crippen LogP contribution >= 0.6 is 0 Å². The molecule has 5 nitrogen and oxygen atoms in total. The van der Waals surface area contributed by atoms with E-state index in [0.29, 0.717) is 16.9 Å². The van der Waals surface area contributed by atoms with Crippen molar-refractivity contribution in [3.8, 4) is 0 Å². The molecule has 0 aliphatic heterocycles. The van der Waals surface area contributed by atoms with Gasteiger partial charge in [0, 0.05) is 16.9 Å². The highest BCUT2D eigenvalue weighted by Gasteiger charge is 2.15. The molecule has 2 aromatic rings. The third kappa shape index (κ3) is 3.61. The third-order valence-electron chi connectivity index (χ3n) is 2.90. The highest BCUT2D eigenvalue weighted by atomic mass is 32.2. The summed E-state index contributed by atoms with van der Waals surface area (Å²) >= 11 is 0. The Labute approximate surface area is 123 Å². The largest absolute Gasteiger partial charge is 0.399 e. The normalized spacial score (nSPS) is 11.1. The fraction of sp³-hybridized carbons (Fsp3) is 0.133. The Kier molecular flexibility index (Phi) is 3.99. The molecule has 0 radical (unpaired) electrons. The van der Waals surface area contributed by atoms with Gasteiger partial charge in [0.05, 0.1) is 4.90 Å². The molecule has 2 aromatic carbocycles. The Bertz CT molecular complexity index is 778. The molecule has 3 N–H and O–H groups in total. The summed E-state index contributed by atoms with van der Waals surface area (Å²) in [6.45, 7) is 3.20. The number of ketones is 1. The molecule has 0 spiro atoms. The third-order valence-corrected chi connectivity index (χ3v) is 4.27. The van der Waals surface area contributed by atoms with Crippen LogP contribution in [0, 0.1) is 6.92 Å². The Morgan fingerprint density at radius 3 is 2.48 bits per heavy atom. The maximum atomic E-state index is 12.3. The fourth-order valence-electron chi connectivity index (χ4n) is 1.95. The number of carbonyl (C=O) groups excluding carboxylic acids is 1. The SMILES string of the molecule is CC(=O)c1cccc(NS(=O)(=O)c2cc(C)cc(N)c2)c1. The van der Waals surface area contributed by atoms with Crippen LogP contribution in [0.1, 0.15) is 22.8 Å². The standard InChI is InChI=1S/C15H16N2O3S/c1-10-6-13(16)9-15(7-10)21(19,20)17-14-5-3-4-12(8-14)11(2)18/h3-9,17H,16H2,1-2H3. The monoisotopic (exact) mass is 304 g/mol. The minimum atomic E-state index is -3.74. The number of nitrogens with one attached hydrogen (secondary N) is 1. The molecule has 0 saturated carbocycles. The van der Waals surface area contributed by atoms with Crippen LogP contribution in [0.2, 0.25) is 0 Å². The van der Waals surface area contributed by atoms with Gasteiger partial charge in [0.2, 0.25) is 0 Å². The number of sulfonamides is 1. The molecule has 6 heteroatoms. The Balaban J connectivity index is 2.37. The fourth-order valence-corrected chi connectivity index (χ4v) is 3.13. The average Bonchev–Trinajstić information content (AvgIpc) is 2.37. The van der Waals surface area contributed by atoms with E-state index in [1.807, 2.05) is 0 Å². The van der Waals surface area contributed by atoms with Crippen LogP contribution in [0.15, 0.2) is 47.4 Å². The second kappa shape index (κ2) is 5.57. The first kappa shape index (κ1) is 15.1. The molecule has 0 unspecified atom stereocenters. The van der Waals surface area contributed by atoms with Gasteiger partial charge in [-0.3, -0.25) is 9.52 Å². The zero-order chi connectivity index (χ0) is 15.6. The lowest BCUT2D eigenvalue weighted by Crippen LogP contribution is -2.13. The number of aryl methyl sites for hydroxylation is 1. The molecule has 0 heterocycles. The number of carbonyl (C=O) groups is 1. The van der Waals surface area contributed by atoms with Crippen LogP contribution < -0.4 is 10.5 Å². The van der Waals surface area contributed by atoms with Crippen LogP contribution in [0.5, 0.6) is 0 Å². The number of hydrogen-bond acceptors (Lipinski definition) is 4. The van der Waals surface area contributed by atoms with Gasteiger partial charge in [0.25, 0.3) is 10.0 Å². The number of benzene rings is 2. The van der Waals surface area contributed by atoms with Gasteiger partial charge in [-0.15, -0.1) is 0 Å². The van der Waals surface area contributed by atoms with Gasteiger partial charge in [0.1, 0.15) is 0 Å². The molecular formula is C15H16N2O3S. The molecule has 110 valence electrons. The van der Waals surface area contributed by atoms with Crippen molar-refractivity contribution in [1.82, 2.24) is 0 Å². The number of rotatable bonds is 4. The van der Waals surface area contributed by atoms with E-state index in [9.17, 15) is 13.2 Å². The quantitative estimate of drug-likeness (QED) is 0.671. The number of hydrogen-bond donors (Lipinski definition) is 2. The molecule has 0 fully saturated rings. The summed E-state index contributed by atoms with van der Waals surface area (Å²) in [5.41, 5.74) is 7.60. The first-order valence-corrected chi connectivity index (χ1v) is 7.77. The summed E-state index contributed by atoms with van der Waals surface area (Å²) in [6.07, 6.45) is 0. The number of anilines is 2. The van der Waals surface area contributed by atoms with Crippen LogP contribution in [0.4, 0.5) is 11.4 Å². The lowest BCUT2D eigenvalue weighted by atomic mass is 10.1. The van der Waals surface area contributed by atoms with Crippen molar-refractivity contribution in [3.05, 3.63) is 53.6 Å². The Morgan fingerprint density at radius 2 is 1.86 bits per heavy atom. The maximum absolute atomic E-state index is 12.3. The van der Waals surface area contributed by atoms with Gasteiger partial charge in [-0.1, -0.05) is 12.1 Å². The summed E-state index contributed by atoms with van der Waals surface area (Å²) in [5, 5.41) is 0. The summed E-state index contributed by atoms with van der Waals surface area (Å²) in [6, 6.07) is 11.0. The molecule has 0 saturated heterocycles. The van der Waals surface area contributed by atoms with Crippen molar-refractivity contribution in [2.75, 3.05) is 10.5 Å². The second-order valence-corrected chi connectivity index (χ2v) is 6.50. The van der Waals surface area contributed by atoms with E-state index in [4.69, 9.17) is 5.73 Å². The summed E-state index contributed by atoms with van der Waals surface area (Å²) in [5.74, 6) is -0.129. The van der Waals surface area contributed by atoms with E-state index in [1.165, 1.54) is 25.1 Å². The minimum Gasteiger partial charge on any atom is -0.399 e. The van der Waals surface area contributed by atoms with Crippen LogP contribution in [0.3, 0.4) is 0 Å². The first-order chi connectivity index (χ1) is 9.78. The lowest BCUT2D eigenvalue weighted by molar-refractivity contribution is 0.101. The second-order valence-electron chi connectivity index (χ2n) is 4.82. The Hall–Kier alpha value is -2.34. The van der Waals surface area contributed by atoms with E-state index in [2.05, 4.69) is 4.72 Å².